The summed E-state index contributed by atoms with van der Waals surface area (Å²) >= 11 is 0. The number of ether oxygens (including phenoxy) is 1. The number of hydrogen-bond acceptors (Lipinski definition) is 3. The first kappa shape index (κ1) is 21.0. The third kappa shape index (κ3) is 8.45. The first-order valence-corrected chi connectivity index (χ1v) is 7.42. The number of carbonyl (C=O) groups is 1. The average Bonchev–Trinajstić information content (AvgIpc) is 3.20. The number of halogens is 1. The van der Waals surface area contributed by atoms with Crippen molar-refractivity contribution in [2.75, 3.05) is 26.7 Å². The Labute approximate surface area is 150 Å². The van der Waals surface area contributed by atoms with E-state index in [4.69, 9.17) is 4.74 Å². The number of hydrogen-bond donors (Lipinski definition) is 2. The molecule has 0 spiro atoms. The zero-order valence-corrected chi connectivity index (χ0v) is 16.3. The summed E-state index contributed by atoms with van der Waals surface area (Å²) in [4.78, 5) is 18.1. The van der Waals surface area contributed by atoms with Crippen molar-refractivity contribution < 1.29 is 9.53 Å². The molecular formula is C15H29IN4O2. The first-order chi connectivity index (χ1) is 9.87. The predicted molar refractivity (Wildman–Crippen MR) is 101 cm³/mol. The lowest BCUT2D eigenvalue weighted by Crippen LogP contribution is -2.45. The summed E-state index contributed by atoms with van der Waals surface area (Å²) in [7, 11) is 1.71. The second-order valence-electron chi connectivity index (χ2n) is 6.07. The van der Waals surface area contributed by atoms with Crippen LogP contribution in [0.5, 0.6) is 0 Å². The van der Waals surface area contributed by atoms with Crippen LogP contribution in [-0.4, -0.2) is 55.3 Å². The fourth-order valence-corrected chi connectivity index (χ4v) is 1.81. The van der Waals surface area contributed by atoms with Crippen LogP contribution in [0.2, 0.25) is 0 Å². The van der Waals surface area contributed by atoms with E-state index in [1.165, 1.54) is 0 Å². The molecule has 7 heteroatoms. The van der Waals surface area contributed by atoms with E-state index in [1.807, 2.05) is 20.8 Å². The summed E-state index contributed by atoms with van der Waals surface area (Å²) in [6.45, 7) is 11.2. The fraction of sp³-hybridized carbons (Fsp3) is 0.733. The molecule has 22 heavy (non-hydrogen) atoms. The summed E-state index contributed by atoms with van der Waals surface area (Å²) in [6, 6.07) is 0.324. The van der Waals surface area contributed by atoms with Gasteiger partial charge < -0.3 is 20.3 Å². The van der Waals surface area contributed by atoms with E-state index < -0.39 is 5.60 Å². The zero-order valence-electron chi connectivity index (χ0n) is 14.0. The van der Waals surface area contributed by atoms with E-state index in [-0.39, 0.29) is 30.1 Å². The molecule has 0 atom stereocenters. The Kier molecular flexibility index (Phi) is 9.47. The SMILES string of the molecule is C=CCNC(=NC)NCCN(C(=O)OC(C)(C)C)C1CC1.I. The Balaban J connectivity index is 0.00000441. The number of nitrogens with zero attached hydrogens (tertiary/aromatic N) is 2. The van der Waals surface area contributed by atoms with Gasteiger partial charge in [-0.25, -0.2) is 4.79 Å². The van der Waals surface area contributed by atoms with E-state index in [0.29, 0.717) is 31.6 Å². The van der Waals surface area contributed by atoms with Crippen molar-refractivity contribution in [1.29, 1.82) is 0 Å². The molecule has 0 radical (unpaired) electrons. The maximum Gasteiger partial charge on any atom is 0.410 e. The Bertz CT molecular complexity index is 389. The Hall–Kier alpha value is -0.990. The minimum Gasteiger partial charge on any atom is -0.444 e. The van der Waals surface area contributed by atoms with Crippen LogP contribution in [0.25, 0.3) is 0 Å². The predicted octanol–water partition coefficient (Wildman–Crippen LogP) is 2.35. The molecule has 1 saturated carbocycles. The van der Waals surface area contributed by atoms with Crippen LogP contribution in [0.4, 0.5) is 4.79 Å². The van der Waals surface area contributed by atoms with Crippen LogP contribution in [0.15, 0.2) is 17.6 Å². The van der Waals surface area contributed by atoms with Crippen LogP contribution in [0.1, 0.15) is 33.6 Å². The van der Waals surface area contributed by atoms with Gasteiger partial charge in [-0.3, -0.25) is 4.99 Å². The number of aliphatic imine (C=N–C) groups is 1. The quantitative estimate of drug-likeness (QED) is 0.298. The molecule has 0 aliphatic heterocycles. The van der Waals surface area contributed by atoms with Crippen LogP contribution >= 0.6 is 24.0 Å². The average molecular weight is 424 g/mol. The summed E-state index contributed by atoms with van der Waals surface area (Å²) in [5.41, 5.74) is -0.459. The van der Waals surface area contributed by atoms with Gasteiger partial charge in [0, 0.05) is 32.7 Å². The molecule has 0 aromatic rings. The lowest BCUT2D eigenvalue weighted by Gasteiger charge is -2.27. The third-order valence-corrected chi connectivity index (χ3v) is 2.90. The normalized spacial score (nSPS) is 14.6. The smallest absolute Gasteiger partial charge is 0.410 e. The number of guanidine groups is 1. The molecule has 0 heterocycles. The summed E-state index contributed by atoms with van der Waals surface area (Å²) < 4.78 is 5.45. The van der Waals surface area contributed by atoms with E-state index >= 15 is 0 Å². The van der Waals surface area contributed by atoms with Crippen LogP contribution < -0.4 is 10.6 Å². The van der Waals surface area contributed by atoms with Crippen LogP contribution in [0.3, 0.4) is 0 Å². The van der Waals surface area contributed by atoms with Crippen LogP contribution in [0, 0.1) is 0 Å². The molecule has 6 nitrogen and oxygen atoms in total. The van der Waals surface area contributed by atoms with Crippen molar-refractivity contribution in [1.82, 2.24) is 15.5 Å². The zero-order chi connectivity index (χ0) is 15.9. The molecule has 128 valence electrons. The highest BCUT2D eigenvalue weighted by molar-refractivity contribution is 14.0. The molecule has 0 aromatic carbocycles. The van der Waals surface area contributed by atoms with E-state index in [2.05, 4.69) is 22.2 Å². The minimum atomic E-state index is -0.459. The fourth-order valence-electron chi connectivity index (χ4n) is 1.81. The Morgan fingerprint density at radius 1 is 1.41 bits per heavy atom. The summed E-state index contributed by atoms with van der Waals surface area (Å²) in [5.74, 6) is 0.704. The van der Waals surface area contributed by atoms with Gasteiger partial charge in [0.2, 0.25) is 0 Å². The topological polar surface area (TPSA) is 66.0 Å². The lowest BCUT2D eigenvalue weighted by molar-refractivity contribution is 0.0238. The van der Waals surface area contributed by atoms with Gasteiger partial charge in [0.15, 0.2) is 5.96 Å². The van der Waals surface area contributed by atoms with E-state index in [9.17, 15) is 4.79 Å². The highest BCUT2D eigenvalue weighted by Gasteiger charge is 2.34. The highest BCUT2D eigenvalue weighted by Crippen LogP contribution is 2.27. The van der Waals surface area contributed by atoms with Crippen molar-refractivity contribution in [3.8, 4) is 0 Å². The molecule has 1 aliphatic rings. The molecule has 0 bridgehead atoms. The van der Waals surface area contributed by atoms with Crippen LogP contribution in [-0.2, 0) is 4.74 Å². The van der Waals surface area contributed by atoms with Gasteiger partial charge in [-0.2, -0.15) is 0 Å². The van der Waals surface area contributed by atoms with Crippen molar-refractivity contribution in [2.45, 2.75) is 45.3 Å². The Morgan fingerprint density at radius 2 is 2.05 bits per heavy atom. The monoisotopic (exact) mass is 424 g/mol. The van der Waals surface area contributed by atoms with E-state index in [0.717, 1.165) is 12.8 Å². The molecular weight excluding hydrogens is 395 g/mol. The molecule has 1 amide bonds. The maximum absolute atomic E-state index is 12.2. The second kappa shape index (κ2) is 9.91. The maximum atomic E-state index is 12.2. The number of nitrogens with one attached hydrogen (secondary N) is 2. The summed E-state index contributed by atoms with van der Waals surface area (Å²) in [5, 5.41) is 6.27. The largest absolute Gasteiger partial charge is 0.444 e. The minimum absolute atomic E-state index is 0. The first-order valence-electron chi connectivity index (χ1n) is 7.42. The molecule has 2 N–H and O–H groups in total. The van der Waals surface area contributed by atoms with Crippen molar-refractivity contribution in [3.63, 3.8) is 0 Å². The second-order valence-corrected chi connectivity index (χ2v) is 6.07. The third-order valence-electron chi connectivity index (χ3n) is 2.90. The van der Waals surface area contributed by atoms with Crippen molar-refractivity contribution >= 4 is 36.0 Å². The van der Waals surface area contributed by atoms with Gasteiger partial charge in [-0.05, 0) is 33.6 Å². The van der Waals surface area contributed by atoms with Gasteiger partial charge in [0.25, 0.3) is 0 Å². The number of carbonyl (C=O) groups excluding carboxylic acids is 1. The molecule has 0 aromatic heterocycles. The number of rotatable bonds is 6. The number of amides is 1. The molecule has 0 unspecified atom stereocenters. The molecule has 1 rings (SSSR count). The standard InChI is InChI=1S/C15H28N4O2.HI/c1-6-9-17-13(16-5)18-10-11-19(12-7-8-12)14(20)21-15(2,3)4;/h6,12H,1,7-11H2,2-5H3,(H2,16,17,18);1H. The summed E-state index contributed by atoms with van der Waals surface area (Å²) in [6.07, 6.45) is 3.65. The van der Waals surface area contributed by atoms with Gasteiger partial charge in [-0.1, -0.05) is 6.08 Å². The lowest BCUT2D eigenvalue weighted by atomic mass is 10.2. The molecule has 0 saturated heterocycles. The van der Waals surface area contributed by atoms with Gasteiger partial charge in [0.05, 0.1) is 0 Å². The van der Waals surface area contributed by atoms with Gasteiger partial charge in [-0.15, -0.1) is 30.6 Å². The highest BCUT2D eigenvalue weighted by atomic mass is 127. The van der Waals surface area contributed by atoms with Crippen molar-refractivity contribution in [2.24, 2.45) is 4.99 Å². The molecule has 1 aliphatic carbocycles. The van der Waals surface area contributed by atoms with Crippen molar-refractivity contribution in [3.05, 3.63) is 12.7 Å². The van der Waals surface area contributed by atoms with E-state index in [1.54, 1.807) is 18.0 Å². The molecule has 1 fully saturated rings. The Morgan fingerprint density at radius 3 is 2.50 bits per heavy atom. The van der Waals surface area contributed by atoms with Gasteiger partial charge >= 0.3 is 6.09 Å². The van der Waals surface area contributed by atoms with Gasteiger partial charge in [0.1, 0.15) is 5.60 Å².